The zero-order valence-electron chi connectivity index (χ0n) is 27.4. The predicted octanol–water partition coefficient (Wildman–Crippen LogP) is 7.48. The molecule has 6 heterocycles. The van der Waals surface area contributed by atoms with Gasteiger partial charge >= 0.3 is 0 Å². The van der Waals surface area contributed by atoms with Crippen molar-refractivity contribution in [3.8, 4) is 22.6 Å². The Kier molecular flexibility index (Phi) is 8.16. The number of oxazole rings is 1. The first kappa shape index (κ1) is 30.4. The molecule has 8 rings (SSSR count). The van der Waals surface area contributed by atoms with Gasteiger partial charge in [-0.25, -0.2) is 15.0 Å². The summed E-state index contributed by atoms with van der Waals surface area (Å²) in [6.45, 7) is 9.98. The third kappa shape index (κ3) is 5.95. The SMILES string of the molecule is Cc1c(Nc2nccc3cc(CN4CCCC4)cnc23)cccc1-c1cccc(-c2nc3cc(CN4CC[C@@H](C=O)C4)cnc3o2)c1C. The number of carbonyl (C=O) groups is 1. The summed E-state index contributed by atoms with van der Waals surface area (Å²) < 4.78 is 6.19. The standard InChI is InChI=1S/C39H39N7O2/c1-25-31(7-5-9-33(25)38-44-35-18-29(20-42-39(35)48-38)23-46-16-12-27(21-46)24-47)32-8-6-10-34(26(32)2)43-37-36-30(11-13-40-37)17-28(19-41-36)22-45-14-3-4-15-45/h5-11,13,17-20,24,27H,3-4,12,14-16,21-23H2,1-2H3,(H,40,43)/t27-/m1/s1. The molecule has 2 saturated heterocycles. The number of aldehydes is 1. The summed E-state index contributed by atoms with van der Waals surface area (Å²) in [6.07, 6.45) is 10.2. The van der Waals surface area contributed by atoms with Gasteiger partial charge in [-0.2, -0.15) is 0 Å². The Bertz CT molecular complexity index is 2140. The van der Waals surface area contributed by atoms with Crippen LogP contribution in [0.25, 0.3) is 44.7 Å². The zero-order valence-corrected chi connectivity index (χ0v) is 27.4. The van der Waals surface area contributed by atoms with Gasteiger partial charge in [0.2, 0.25) is 11.6 Å². The van der Waals surface area contributed by atoms with Gasteiger partial charge in [-0.1, -0.05) is 24.3 Å². The van der Waals surface area contributed by atoms with Gasteiger partial charge in [0, 0.05) is 60.8 Å². The number of pyridine rings is 3. The van der Waals surface area contributed by atoms with Gasteiger partial charge in [0.1, 0.15) is 17.3 Å². The van der Waals surface area contributed by atoms with Crippen molar-refractivity contribution in [3.05, 3.63) is 95.4 Å². The molecule has 0 saturated carbocycles. The molecule has 0 unspecified atom stereocenters. The molecule has 0 amide bonds. The lowest BCUT2D eigenvalue weighted by molar-refractivity contribution is -0.110. The molecule has 2 aliphatic heterocycles. The van der Waals surface area contributed by atoms with Crippen LogP contribution in [0, 0.1) is 19.8 Å². The Morgan fingerprint density at radius 2 is 1.60 bits per heavy atom. The van der Waals surface area contributed by atoms with Gasteiger partial charge in [0.15, 0.2) is 5.82 Å². The number of nitrogens with zero attached hydrogens (tertiary/aromatic N) is 6. The van der Waals surface area contributed by atoms with Crippen molar-refractivity contribution in [2.75, 3.05) is 31.5 Å². The number of hydrogen-bond donors (Lipinski definition) is 1. The van der Waals surface area contributed by atoms with Crippen LogP contribution in [0.3, 0.4) is 0 Å². The highest BCUT2D eigenvalue weighted by molar-refractivity contribution is 5.91. The molecule has 48 heavy (non-hydrogen) atoms. The van der Waals surface area contributed by atoms with Crippen molar-refractivity contribution in [3.63, 3.8) is 0 Å². The minimum Gasteiger partial charge on any atom is -0.418 e. The largest absolute Gasteiger partial charge is 0.418 e. The minimum absolute atomic E-state index is 0.125. The maximum absolute atomic E-state index is 11.2. The van der Waals surface area contributed by atoms with Gasteiger partial charge < -0.3 is 14.5 Å². The van der Waals surface area contributed by atoms with Crippen molar-refractivity contribution in [2.24, 2.45) is 5.92 Å². The normalized spacial score (nSPS) is 17.1. The molecule has 0 aliphatic carbocycles. The lowest BCUT2D eigenvalue weighted by atomic mass is 9.93. The molecule has 1 N–H and O–H groups in total. The first-order valence-electron chi connectivity index (χ1n) is 16.9. The van der Waals surface area contributed by atoms with E-state index in [1.807, 2.05) is 30.7 Å². The van der Waals surface area contributed by atoms with E-state index in [2.05, 4.69) is 81.4 Å². The van der Waals surface area contributed by atoms with Crippen LogP contribution in [0.1, 0.15) is 41.5 Å². The summed E-state index contributed by atoms with van der Waals surface area (Å²) >= 11 is 0. The summed E-state index contributed by atoms with van der Waals surface area (Å²) in [5.41, 5.74) is 10.8. The maximum Gasteiger partial charge on any atom is 0.247 e. The fourth-order valence-electron chi connectivity index (χ4n) is 7.27. The second kappa shape index (κ2) is 12.9. The number of rotatable bonds is 9. The fraction of sp³-hybridized carbons (Fsp3) is 0.308. The van der Waals surface area contributed by atoms with Crippen LogP contribution in [-0.2, 0) is 17.9 Å². The van der Waals surface area contributed by atoms with Crippen molar-refractivity contribution in [1.29, 1.82) is 0 Å². The molecule has 0 spiro atoms. The highest BCUT2D eigenvalue weighted by atomic mass is 16.4. The number of hydrogen-bond acceptors (Lipinski definition) is 9. The predicted molar refractivity (Wildman–Crippen MR) is 189 cm³/mol. The second-order valence-electron chi connectivity index (χ2n) is 13.2. The van der Waals surface area contributed by atoms with E-state index < -0.39 is 0 Å². The zero-order chi connectivity index (χ0) is 32.6. The van der Waals surface area contributed by atoms with E-state index in [-0.39, 0.29) is 5.92 Å². The van der Waals surface area contributed by atoms with Gasteiger partial charge in [-0.05, 0) is 116 Å². The van der Waals surface area contributed by atoms with Crippen LogP contribution in [0.5, 0.6) is 0 Å². The Morgan fingerprint density at radius 3 is 2.44 bits per heavy atom. The molecule has 2 aliphatic rings. The molecule has 242 valence electrons. The quantitative estimate of drug-likeness (QED) is 0.162. The lowest BCUT2D eigenvalue weighted by Crippen LogP contribution is -2.20. The Labute approximate surface area is 280 Å². The first-order chi connectivity index (χ1) is 23.5. The molecular formula is C39H39N7O2. The molecule has 9 heteroatoms. The number of fused-ring (bicyclic) bond motifs is 2. The number of likely N-dealkylation sites (tertiary alicyclic amines) is 2. The van der Waals surface area contributed by atoms with E-state index in [0.717, 1.165) is 113 Å². The van der Waals surface area contributed by atoms with E-state index in [1.54, 1.807) is 0 Å². The van der Waals surface area contributed by atoms with Crippen molar-refractivity contribution >= 4 is 39.9 Å². The third-order valence-electron chi connectivity index (χ3n) is 9.91. The van der Waals surface area contributed by atoms with Gasteiger partial charge in [0.25, 0.3) is 0 Å². The van der Waals surface area contributed by atoms with Crippen LogP contribution in [0.4, 0.5) is 11.5 Å². The number of aromatic nitrogens is 4. The Morgan fingerprint density at radius 1 is 0.854 bits per heavy atom. The van der Waals surface area contributed by atoms with Crippen LogP contribution in [-0.4, -0.2) is 62.2 Å². The van der Waals surface area contributed by atoms with E-state index in [4.69, 9.17) is 14.4 Å². The molecule has 1 atom stereocenters. The molecule has 0 radical (unpaired) electrons. The average Bonchev–Trinajstić information content (AvgIpc) is 3.88. The third-order valence-corrected chi connectivity index (χ3v) is 9.91. The van der Waals surface area contributed by atoms with E-state index in [9.17, 15) is 4.79 Å². The average molecular weight is 638 g/mol. The smallest absolute Gasteiger partial charge is 0.247 e. The molecule has 2 aromatic carbocycles. The lowest BCUT2D eigenvalue weighted by Gasteiger charge is -2.17. The van der Waals surface area contributed by atoms with Gasteiger partial charge in [0.05, 0.1) is 0 Å². The van der Waals surface area contributed by atoms with E-state index in [1.165, 1.54) is 18.4 Å². The molecule has 9 nitrogen and oxygen atoms in total. The highest BCUT2D eigenvalue weighted by Crippen LogP contribution is 2.37. The van der Waals surface area contributed by atoms with Crippen LogP contribution in [0.2, 0.25) is 0 Å². The van der Waals surface area contributed by atoms with Crippen molar-refractivity contribution < 1.29 is 9.21 Å². The Balaban J connectivity index is 1.06. The highest BCUT2D eigenvalue weighted by Gasteiger charge is 2.23. The minimum atomic E-state index is 0.125. The maximum atomic E-state index is 11.2. The summed E-state index contributed by atoms with van der Waals surface area (Å²) in [7, 11) is 0. The summed E-state index contributed by atoms with van der Waals surface area (Å²) in [5.74, 6) is 1.43. The molecule has 0 bridgehead atoms. The van der Waals surface area contributed by atoms with E-state index >= 15 is 0 Å². The first-order valence-corrected chi connectivity index (χ1v) is 16.9. The summed E-state index contributed by atoms with van der Waals surface area (Å²) in [6, 6.07) is 18.9. The van der Waals surface area contributed by atoms with Crippen LogP contribution < -0.4 is 5.32 Å². The Hall–Kier alpha value is -4.99. The van der Waals surface area contributed by atoms with Crippen molar-refractivity contribution in [1.82, 2.24) is 29.7 Å². The number of benzene rings is 2. The van der Waals surface area contributed by atoms with Gasteiger partial charge in [-0.3, -0.25) is 14.8 Å². The monoisotopic (exact) mass is 637 g/mol. The fourth-order valence-corrected chi connectivity index (χ4v) is 7.27. The molecule has 4 aromatic heterocycles. The molecule has 6 aromatic rings. The van der Waals surface area contributed by atoms with Crippen molar-refractivity contribution in [2.45, 2.75) is 46.2 Å². The number of nitrogens with one attached hydrogen (secondary N) is 1. The van der Waals surface area contributed by atoms with E-state index in [0.29, 0.717) is 11.6 Å². The molecular weight excluding hydrogens is 598 g/mol. The summed E-state index contributed by atoms with van der Waals surface area (Å²) in [5, 5.41) is 4.68. The topological polar surface area (TPSA) is 100 Å². The van der Waals surface area contributed by atoms with Gasteiger partial charge in [-0.15, -0.1) is 0 Å². The molecule has 2 fully saturated rings. The summed E-state index contributed by atoms with van der Waals surface area (Å²) in [4.78, 5) is 35.0. The van der Waals surface area contributed by atoms with Crippen LogP contribution in [0.15, 0.2) is 77.6 Å². The number of anilines is 2. The van der Waals surface area contributed by atoms with Crippen LogP contribution >= 0.6 is 0 Å². The number of carbonyl (C=O) groups excluding carboxylic acids is 1. The second-order valence-corrected chi connectivity index (χ2v) is 13.2.